The van der Waals surface area contributed by atoms with E-state index >= 15 is 0 Å². The Balaban J connectivity index is 1.86. The third-order valence-corrected chi connectivity index (χ3v) is 8.60. The summed E-state index contributed by atoms with van der Waals surface area (Å²) in [4.78, 5) is 0. The molecule has 1 unspecified atom stereocenters. The first-order valence-electron chi connectivity index (χ1n) is 9.39. The van der Waals surface area contributed by atoms with Crippen molar-refractivity contribution in [3.8, 4) is 0 Å². The highest BCUT2D eigenvalue weighted by Gasteiger charge is 2.55. The van der Waals surface area contributed by atoms with Crippen molar-refractivity contribution in [2.75, 3.05) is 0 Å². The molecule has 1 fully saturated rings. The van der Waals surface area contributed by atoms with Gasteiger partial charge in [-0.2, -0.15) is 0 Å². The standard InChI is InChI=1S/C24H24O2Si/c1-3-19(2)23-24(20-13-7-4-8-14-20)26-27(25-23,21-15-9-5-10-16-21)22-17-11-6-12-18-22/h3-19,23-24H,1H2,2H3/t19-,23+,24?/m1/s1. The van der Waals surface area contributed by atoms with Crippen LogP contribution in [0.4, 0.5) is 0 Å². The summed E-state index contributed by atoms with van der Waals surface area (Å²) in [6.45, 7) is 6.16. The van der Waals surface area contributed by atoms with Crippen LogP contribution >= 0.6 is 0 Å². The van der Waals surface area contributed by atoms with Gasteiger partial charge in [-0.3, -0.25) is 0 Å². The van der Waals surface area contributed by atoms with Crippen molar-refractivity contribution in [2.24, 2.45) is 5.92 Å². The van der Waals surface area contributed by atoms with Gasteiger partial charge < -0.3 is 8.85 Å². The molecular formula is C24H24O2Si. The molecule has 0 radical (unpaired) electrons. The van der Waals surface area contributed by atoms with Gasteiger partial charge in [-0.15, -0.1) is 6.58 Å². The fourth-order valence-electron chi connectivity index (χ4n) is 3.70. The lowest BCUT2D eigenvalue weighted by molar-refractivity contribution is 0.125. The molecule has 0 bridgehead atoms. The predicted molar refractivity (Wildman–Crippen MR) is 112 cm³/mol. The Morgan fingerprint density at radius 1 is 0.778 bits per heavy atom. The Morgan fingerprint density at radius 3 is 1.74 bits per heavy atom. The molecule has 136 valence electrons. The van der Waals surface area contributed by atoms with Gasteiger partial charge in [-0.05, 0) is 15.9 Å². The molecule has 0 saturated carbocycles. The Morgan fingerprint density at radius 2 is 1.26 bits per heavy atom. The van der Waals surface area contributed by atoms with Gasteiger partial charge in [0.1, 0.15) is 0 Å². The molecule has 1 heterocycles. The van der Waals surface area contributed by atoms with Crippen LogP contribution in [0.2, 0.25) is 0 Å². The molecule has 0 aromatic heterocycles. The highest BCUT2D eigenvalue weighted by Crippen LogP contribution is 2.39. The van der Waals surface area contributed by atoms with E-state index in [4.69, 9.17) is 8.85 Å². The van der Waals surface area contributed by atoms with Crippen molar-refractivity contribution in [3.63, 3.8) is 0 Å². The van der Waals surface area contributed by atoms with Gasteiger partial charge in [0.2, 0.25) is 0 Å². The predicted octanol–water partition coefficient (Wildman–Crippen LogP) is 4.22. The maximum absolute atomic E-state index is 6.91. The van der Waals surface area contributed by atoms with Crippen LogP contribution in [-0.4, -0.2) is 14.7 Å². The van der Waals surface area contributed by atoms with E-state index in [0.717, 1.165) is 15.9 Å². The zero-order valence-electron chi connectivity index (χ0n) is 15.5. The molecule has 0 amide bonds. The summed E-state index contributed by atoms with van der Waals surface area (Å²) in [5.74, 6) is 0.178. The van der Waals surface area contributed by atoms with Crippen LogP contribution in [0.1, 0.15) is 18.6 Å². The molecule has 0 aliphatic carbocycles. The molecule has 0 N–H and O–H groups in total. The largest absolute Gasteiger partial charge is 0.408 e. The SMILES string of the molecule is C=C[C@@H](C)[C@@H]1O[Si](c2ccccc2)(c2ccccc2)OC1c1ccccc1. The zero-order valence-corrected chi connectivity index (χ0v) is 16.5. The van der Waals surface area contributed by atoms with E-state index in [0.29, 0.717) is 0 Å². The molecule has 3 aromatic carbocycles. The van der Waals surface area contributed by atoms with Gasteiger partial charge in [-0.25, -0.2) is 0 Å². The van der Waals surface area contributed by atoms with E-state index in [-0.39, 0.29) is 18.1 Å². The van der Waals surface area contributed by atoms with Gasteiger partial charge in [0.25, 0.3) is 0 Å². The second-order valence-electron chi connectivity index (χ2n) is 6.98. The summed E-state index contributed by atoms with van der Waals surface area (Å²) in [5, 5.41) is 2.27. The van der Waals surface area contributed by atoms with Crippen LogP contribution in [0.25, 0.3) is 0 Å². The molecule has 3 atom stereocenters. The van der Waals surface area contributed by atoms with Crippen molar-refractivity contribution in [3.05, 3.63) is 109 Å². The topological polar surface area (TPSA) is 18.5 Å². The van der Waals surface area contributed by atoms with Gasteiger partial charge in [0, 0.05) is 5.92 Å². The van der Waals surface area contributed by atoms with E-state index in [9.17, 15) is 0 Å². The molecule has 3 heteroatoms. The van der Waals surface area contributed by atoms with E-state index in [1.807, 2.05) is 24.3 Å². The number of hydrogen-bond acceptors (Lipinski definition) is 2. The van der Waals surface area contributed by atoms with Crippen molar-refractivity contribution in [2.45, 2.75) is 19.1 Å². The van der Waals surface area contributed by atoms with Gasteiger partial charge in [0.15, 0.2) is 0 Å². The quantitative estimate of drug-likeness (QED) is 0.493. The lowest BCUT2D eigenvalue weighted by atomic mass is 9.95. The molecule has 1 aliphatic heterocycles. The van der Waals surface area contributed by atoms with Gasteiger partial charge in [-0.1, -0.05) is 104 Å². The van der Waals surface area contributed by atoms with Gasteiger partial charge >= 0.3 is 8.56 Å². The molecule has 3 aromatic rings. The molecular weight excluding hydrogens is 348 g/mol. The number of rotatable bonds is 5. The van der Waals surface area contributed by atoms with Crippen molar-refractivity contribution >= 4 is 18.9 Å². The van der Waals surface area contributed by atoms with E-state index in [2.05, 4.69) is 86.3 Å². The summed E-state index contributed by atoms with van der Waals surface area (Å²) in [6, 6.07) is 31.2. The molecule has 2 nitrogen and oxygen atoms in total. The zero-order chi connectivity index (χ0) is 18.7. The Bertz CT molecular complexity index is 841. The average Bonchev–Trinajstić information content (AvgIpc) is 3.17. The van der Waals surface area contributed by atoms with Crippen LogP contribution in [0, 0.1) is 5.92 Å². The summed E-state index contributed by atoms with van der Waals surface area (Å²) < 4.78 is 13.8. The number of benzene rings is 3. The van der Waals surface area contributed by atoms with Gasteiger partial charge in [0.05, 0.1) is 12.2 Å². The van der Waals surface area contributed by atoms with Crippen molar-refractivity contribution in [1.82, 2.24) is 0 Å². The Labute approximate surface area is 162 Å². The molecule has 1 saturated heterocycles. The normalized spacial score (nSPS) is 22.3. The minimum Gasteiger partial charge on any atom is -0.381 e. The van der Waals surface area contributed by atoms with Crippen LogP contribution in [0.3, 0.4) is 0 Å². The van der Waals surface area contributed by atoms with E-state index in [1.54, 1.807) is 0 Å². The summed E-state index contributed by atoms with van der Waals surface area (Å²) >= 11 is 0. The first-order valence-corrected chi connectivity index (χ1v) is 11.2. The minimum absolute atomic E-state index is 0.0722. The lowest BCUT2D eigenvalue weighted by Crippen LogP contribution is -2.60. The molecule has 0 spiro atoms. The first-order chi connectivity index (χ1) is 13.2. The fraction of sp³-hybridized carbons (Fsp3) is 0.167. The molecule has 4 rings (SSSR count). The fourth-order valence-corrected chi connectivity index (χ4v) is 7.24. The highest BCUT2D eigenvalue weighted by atomic mass is 28.4. The van der Waals surface area contributed by atoms with Crippen molar-refractivity contribution < 1.29 is 8.85 Å². The van der Waals surface area contributed by atoms with Crippen LogP contribution in [0.5, 0.6) is 0 Å². The molecule has 27 heavy (non-hydrogen) atoms. The average molecular weight is 373 g/mol. The summed E-state index contributed by atoms with van der Waals surface area (Å²) in [5.41, 5.74) is 1.15. The maximum Gasteiger partial charge on any atom is 0.408 e. The second-order valence-corrected chi connectivity index (χ2v) is 9.83. The smallest absolute Gasteiger partial charge is 0.381 e. The monoisotopic (exact) mass is 372 g/mol. The van der Waals surface area contributed by atoms with Crippen LogP contribution in [0.15, 0.2) is 104 Å². The maximum atomic E-state index is 6.91. The van der Waals surface area contributed by atoms with Crippen molar-refractivity contribution in [1.29, 1.82) is 0 Å². The van der Waals surface area contributed by atoms with Crippen LogP contribution < -0.4 is 10.4 Å². The Hall–Kier alpha value is -2.46. The first kappa shape index (κ1) is 17.9. The molecule has 1 aliphatic rings. The third-order valence-electron chi connectivity index (χ3n) is 5.22. The summed E-state index contributed by atoms with van der Waals surface area (Å²) in [6.07, 6.45) is 1.77. The van der Waals surface area contributed by atoms with E-state index in [1.165, 1.54) is 0 Å². The minimum atomic E-state index is -2.82. The summed E-state index contributed by atoms with van der Waals surface area (Å²) in [7, 11) is -2.82. The number of hydrogen-bond donors (Lipinski definition) is 0. The lowest BCUT2D eigenvalue weighted by Gasteiger charge is -2.26. The van der Waals surface area contributed by atoms with E-state index < -0.39 is 8.56 Å². The highest BCUT2D eigenvalue weighted by molar-refractivity contribution is 6.93. The third kappa shape index (κ3) is 3.30. The second kappa shape index (κ2) is 7.65. The van der Waals surface area contributed by atoms with Crippen LogP contribution in [-0.2, 0) is 8.85 Å². The Kier molecular flexibility index (Phi) is 5.08.